The molecule has 1 aromatic carbocycles. The zero-order valence-corrected chi connectivity index (χ0v) is 21.0. The van der Waals surface area contributed by atoms with Crippen molar-refractivity contribution < 1.29 is 29.3 Å². The summed E-state index contributed by atoms with van der Waals surface area (Å²) in [4.78, 5) is 35.6. The van der Waals surface area contributed by atoms with E-state index >= 15 is 0 Å². The fourth-order valence-electron chi connectivity index (χ4n) is 4.34. The van der Waals surface area contributed by atoms with Gasteiger partial charge in [-0.3, -0.25) is 14.2 Å². The molecule has 1 aromatic rings. The van der Waals surface area contributed by atoms with Crippen LogP contribution in [-0.2, 0) is 20.6 Å². The number of benzene rings is 1. The lowest BCUT2D eigenvalue weighted by molar-refractivity contribution is -0.130. The van der Waals surface area contributed by atoms with E-state index in [2.05, 4.69) is 10.6 Å². The summed E-state index contributed by atoms with van der Waals surface area (Å²) in [5, 5.41) is 24.9. The molecular weight excluding hydrogens is 457 g/mol. The lowest BCUT2D eigenvalue weighted by atomic mass is 9.91. The first-order valence-electron chi connectivity index (χ1n) is 12.1. The van der Waals surface area contributed by atoms with Crippen LogP contribution in [0, 0.1) is 11.8 Å². The van der Waals surface area contributed by atoms with Gasteiger partial charge in [-0.05, 0) is 48.8 Å². The third-order valence-electron chi connectivity index (χ3n) is 6.25. The number of aromatic hydroxyl groups is 1. The van der Waals surface area contributed by atoms with Gasteiger partial charge in [0.1, 0.15) is 11.8 Å². The molecule has 0 aromatic heterocycles. The van der Waals surface area contributed by atoms with Crippen LogP contribution in [0.5, 0.6) is 5.75 Å². The number of hydrogen-bond acceptors (Lipinski definition) is 6. The number of carbonyl (C=O) groups excluding carboxylic acids is 2. The van der Waals surface area contributed by atoms with E-state index in [1.807, 2.05) is 0 Å². The summed E-state index contributed by atoms with van der Waals surface area (Å²) in [5.41, 5.74) is 6.77. The highest BCUT2D eigenvalue weighted by atomic mass is 31.2. The molecule has 7 N–H and O–H groups in total. The molecule has 9 nitrogen and oxygen atoms in total. The van der Waals surface area contributed by atoms with E-state index in [4.69, 9.17) is 5.73 Å². The molecule has 0 aliphatic heterocycles. The number of nitrogens with two attached hydrogens (primary N) is 1. The number of rotatable bonds is 12. The SMILES string of the molecule is CC(C)[C@H](NC(=O)[C@@H](N)Cc1ccc(O)cc1)C(=O)NC[C@@H](O)CP(=O)(O)CC1CCCCC1. The Hall–Kier alpha value is -1.93. The van der Waals surface area contributed by atoms with Crippen LogP contribution in [0.4, 0.5) is 0 Å². The fraction of sp³-hybridized carbons (Fsp3) is 0.667. The summed E-state index contributed by atoms with van der Waals surface area (Å²) in [6.45, 7) is 3.38. The first kappa shape index (κ1) is 28.3. The van der Waals surface area contributed by atoms with Crippen molar-refractivity contribution in [3.63, 3.8) is 0 Å². The van der Waals surface area contributed by atoms with E-state index in [0.29, 0.717) is 0 Å². The van der Waals surface area contributed by atoms with Gasteiger partial charge in [0.2, 0.25) is 19.2 Å². The monoisotopic (exact) mass is 497 g/mol. The summed E-state index contributed by atoms with van der Waals surface area (Å²) in [5.74, 6) is -0.879. The van der Waals surface area contributed by atoms with Crippen LogP contribution in [0.25, 0.3) is 0 Å². The number of carbonyl (C=O) groups is 2. The van der Waals surface area contributed by atoms with Gasteiger partial charge in [-0.15, -0.1) is 0 Å². The van der Waals surface area contributed by atoms with Gasteiger partial charge in [0.15, 0.2) is 0 Å². The second-order valence-corrected chi connectivity index (χ2v) is 12.2. The number of phenols is 1. The standard InChI is InChI=1S/C24H40N3O6P/c1-16(2)22(27-23(30)21(25)12-17-8-10-19(28)11-9-17)24(31)26-13-20(29)15-34(32,33)14-18-6-4-3-5-7-18/h8-11,16,18,20-22,28-29H,3-7,12-15,25H2,1-2H3,(H,26,31)(H,27,30)(H,32,33)/t20-,21+,22+/m1/s1. The van der Waals surface area contributed by atoms with Crippen molar-refractivity contribution in [3.05, 3.63) is 29.8 Å². The van der Waals surface area contributed by atoms with Crippen LogP contribution in [0.15, 0.2) is 24.3 Å². The minimum Gasteiger partial charge on any atom is -0.508 e. The highest BCUT2D eigenvalue weighted by molar-refractivity contribution is 7.58. The molecule has 0 bridgehead atoms. The normalized spacial score (nSPS) is 19.1. The van der Waals surface area contributed by atoms with Gasteiger partial charge in [-0.1, -0.05) is 45.2 Å². The third kappa shape index (κ3) is 9.74. The van der Waals surface area contributed by atoms with E-state index in [1.165, 1.54) is 12.1 Å². The first-order valence-corrected chi connectivity index (χ1v) is 14.1. The van der Waals surface area contributed by atoms with Gasteiger partial charge in [0.05, 0.1) is 18.3 Å². The van der Waals surface area contributed by atoms with Crippen LogP contribution < -0.4 is 16.4 Å². The molecule has 0 spiro atoms. The molecule has 1 unspecified atom stereocenters. The Morgan fingerprint density at radius 1 is 1.12 bits per heavy atom. The molecule has 1 saturated carbocycles. The van der Waals surface area contributed by atoms with Crippen molar-refractivity contribution in [1.29, 1.82) is 0 Å². The van der Waals surface area contributed by atoms with Crippen molar-refractivity contribution in [2.24, 2.45) is 17.6 Å². The predicted octanol–water partition coefficient (Wildman–Crippen LogP) is 1.73. The maximum absolute atomic E-state index is 12.7. The van der Waals surface area contributed by atoms with E-state index in [9.17, 15) is 29.3 Å². The third-order valence-corrected chi connectivity index (χ3v) is 8.33. The molecule has 2 rings (SSSR count). The maximum Gasteiger partial charge on any atom is 0.242 e. The molecule has 0 saturated heterocycles. The Balaban J connectivity index is 1.83. The number of aliphatic hydroxyl groups excluding tert-OH is 1. The summed E-state index contributed by atoms with van der Waals surface area (Å²) in [6, 6.07) is 4.61. The molecule has 1 aliphatic carbocycles. The smallest absolute Gasteiger partial charge is 0.242 e. The molecule has 1 aliphatic rings. The molecule has 0 radical (unpaired) electrons. The van der Waals surface area contributed by atoms with Gasteiger partial charge in [0.25, 0.3) is 0 Å². The second-order valence-electron chi connectivity index (χ2n) is 9.82. The van der Waals surface area contributed by atoms with E-state index in [0.717, 1.165) is 37.7 Å². The average molecular weight is 498 g/mol. The summed E-state index contributed by atoms with van der Waals surface area (Å²) in [6.07, 6.45) is 4.24. The van der Waals surface area contributed by atoms with E-state index in [-0.39, 0.29) is 42.9 Å². The Kier molecular flexibility index (Phi) is 11.0. The number of nitrogens with one attached hydrogen (secondary N) is 2. The van der Waals surface area contributed by atoms with Crippen LogP contribution in [-0.4, -0.2) is 64.0 Å². The minimum atomic E-state index is -3.50. The van der Waals surface area contributed by atoms with Gasteiger partial charge >= 0.3 is 0 Å². The van der Waals surface area contributed by atoms with Gasteiger partial charge in [0, 0.05) is 12.7 Å². The molecule has 4 atom stereocenters. The summed E-state index contributed by atoms with van der Waals surface area (Å²) < 4.78 is 12.6. The van der Waals surface area contributed by atoms with E-state index in [1.54, 1.807) is 26.0 Å². The summed E-state index contributed by atoms with van der Waals surface area (Å²) >= 11 is 0. The molecule has 1 fully saturated rings. The maximum atomic E-state index is 12.7. The molecule has 192 valence electrons. The number of amides is 2. The van der Waals surface area contributed by atoms with Crippen molar-refractivity contribution in [1.82, 2.24) is 10.6 Å². The largest absolute Gasteiger partial charge is 0.508 e. The molecule has 0 heterocycles. The van der Waals surface area contributed by atoms with Crippen LogP contribution in [0.1, 0.15) is 51.5 Å². The van der Waals surface area contributed by atoms with Gasteiger partial charge in [-0.25, -0.2) is 0 Å². The van der Waals surface area contributed by atoms with Gasteiger partial charge < -0.3 is 31.5 Å². The number of hydrogen-bond donors (Lipinski definition) is 6. The van der Waals surface area contributed by atoms with Crippen LogP contribution in [0.2, 0.25) is 0 Å². The first-order chi connectivity index (χ1) is 16.0. The Morgan fingerprint density at radius 2 is 1.74 bits per heavy atom. The van der Waals surface area contributed by atoms with Crippen LogP contribution >= 0.6 is 7.37 Å². The van der Waals surface area contributed by atoms with E-state index < -0.39 is 37.4 Å². The van der Waals surface area contributed by atoms with Crippen molar-refractivity contribution >= 4 is 19.2 Å². The van der Waals surface area contributed by atoms with Crippen molar-refractivity contribution in [2.75, 3.05) is 18.9 Å². The Morgan fingerprint density at radius 3 is 2.32 bits per heavy atom. The van der Waals surface area contributed by atoms with Crippen molar-refractivity contribution in [2.45, 2.75) is 70.6 Å². The average Bonchev–Trinajstić information content (AvgIpc) is 2.77. The van der Waals surface area contributed by atoms with Gasteiger partial charge in [-0.2, -0.15) is 0 Å². The minimum absolute atomic E-state index is 0.118. The molecule has 34 heavy (non-hydrogen) atoms. The molecular formula is C24H40N3O6P. The lowest BCUT2D eigenvalue weighted by Crippen LogP contribution is -2.55. The predicted molar refractivity (Wildman–Crippen MR) is 132 cm³/mol. The molecule has 10 heteroatoms. The fourth-order valence-corrected chi connectivity index (χ4v) is 6.45. The zero-order valence-electron chi connectivity index (χ0n) is 20.2. The number of aliphatic hydroxyl groups is 1. The Bertz CT molecular complexity index is 842. The lowest BCUT2D eigenvalue weighted by Gasteiger charge is -2.26. The number of phenolic OH excluding ortho intramolecular Hbond substituents is 1. The Labute approximate surface area is 202 Å². The highest BCUT2D eigenvalue weighted by Gasteiger charge is 2.30. The second kappa shape index (κ2) is 13.2. The molecule has 2 amide bonds. The zero-order chi connectivity index (χ0) is 25.3. The highest BCUT2D eigenvalue weighted by Crippen LogP contribution is 2.45. The topological polar surface area (TPSA) is 162 Å². The summed E-state index contributed by atoms with van der Waals surface area (Å²) in [7, 11) is -3.50. The van der Waals surface area contributed by atoms with Crippen molar-refractivity contribution in [3.8, 4) is 5.75 Å². The quantitative estimate of drug-likeness (QED) is 0.240. The van der Waals surface area contributed by atoms with Crippen LogP contribution in [0.3, 0.4) is 0 Å².